The third-order valence-corrected chi connectivity index (χ3v) is 4.84. The van der Waals surface area contributed by atoms with Crippen LogP contribution in [0.5, 0.6) is 11.5 Å². The third-order valence-electron chi connectivity index (χ3n) is 4.84. The zero-order valence-electron chi connectivity index (χ0n) is 13.7. The molecule has 0 radical (unpaired) electrons. The van der Waals surface area contributed by atoms with Gasteiger partial charge >= 0.3 is 0 Å². The smallest absolute Gasteiger partial charge is 0.124 e. The van der Waals surface area contributed by atoms with Crippen LogP contribution in [0.2, 0.25) is 0 Å². The Hall–Kier alpha value is -1.22. The first kappa shape index (κ1) is 16.2. The van der Waals surface area contributed by atoms with Crippen molar-refractivity contribution in [3.05, 3.63) is 23.8 Å². The minimum Gasteiger partial charge on any atom is -0.507 e. The average molecular weight is 291 g/mol. The van der Waals surface area contributed by atoms with Crippen LogP contribution in [-0.2, 0) is 0 Å². The first-order chi connectivity index (χ1) is 10.0. The fraction of sp³-hybridized carbons (Fsp3) is 0.667. The van der Waals surface area contributed by atoms with Gasteiger partial charge in [-0.1, -0.05) is 32.8 Å². The van der Waals surface area contributed by atoms with Gasteiger partial charge in [0.15, 0.2) is 0 Å². The maximum atomic E-state index is 10.2. The highest BCUT2D eigenvalue weighted by Gasteiger charge is 2.28. The lowest BCUT2D eigenvalue weighted by Crippen LogP contribution is -2.42. The summed E-state index contributed by atoms with van der Waals surface area (Å²) < 4.78 is 5.15. The molecule has 0 saturated heterocycles. The van der Waals surface area contributed by atoms with Gasteiger partial charge in [0.1, 0.15) is 11.5 Å². The molecule has 3 atom stereocenters. The predicted octanol–water partition coefficient (Wildman–Crippen LogP) is 4.27. The summed E-state index contributed by atoms with van der Waals surface area (Å²) >= 11 is 0. The molecule has 1 aromatic rings. The van der Waals surface area contributed by atoms with E-state index in [1.165, 1.54) is 25.7 Å². The van der Waals surface area contributed by atoms with Gasteiger partial charge in [0.05, 0.1) is 7.11 Å². The summed E-state index contributed by atoms with van der Waals surface area (Å²) in [6, 6.07) is 6.26. The molecule has 0 heterocycles. The molecule has 3 unspecified atom stereocenters. The normalized spacial score (nSPS) is 24.0. The fourth-order valence-corrected chi connectivity index (χ4v) is 3.59. The van der Waals surface area contributed by atoms with Gasteiger partial charge in [0.25, 0.3) is 0 Å². The summed E-state index contributed by atoms with van der Waals surface area (Å²) in [5, 5.41) is 13.9. The van der Waals surface area contributed by atoms with Crippen LogP contribution in [0.25, 0.3) is 0 Å². The van der Waals surface area contributed by atoms with Gasteiger partial charge in [0.2, 0.25) is 0 Å². The Morgan fingerprint density at radius 1 is 1.19 bits per heavy atom. The standard InChI is InChI=1S/C18H29NO2/c1-12(2)15-7-5-6-8-17(15)19-13(3)16-10-9-14(21-4)11-18(16)20/h9-13,15,17,19-20H,5-8H2,1-4H3. The highest BCUT2D eigenvalue weighted by Crippen LogP contribution is 2.34. The summed E-state index contributed by atoms with van der Waals surface area (Å²) in [4.78, 5) is 0. The van der Waals surface area contributed by atoms with Crippen molar-refractivity contribution in [2.75, 3.05) is 7.11 Å². The fourth-order valence-electron chi connectivity index (χ4n) is 3.59. The minimum atomic E-state index is 0.153. The van der Waals surface area contributed by atoms with Gasteiger partial charge in [-0.2, -0.15) is 0 Å². The molecule has 1 aliphatic carbocycles. The molecule has 118 valence electrons. The highest BCUT2D eigenvalue weighted by molar-refractivity contribution is 5.41. The van der Waals surface area contributed by atoms with Crippen molar-refractivity contribution in [1.82, 2.24) is 5.32 Å². The Bertz CT molecular complexity index is 459. The summed E-state index contributed by atoms with van der Waals surface area (Å²) in [7, 11) is 1.62. The maximum Gasteiger partial charge on any atom is 0.124 e. The molecule has 1 fully saturated rings. The van der Waals surface area contributed by atoms with Crippen molar-refractivity contribution < 1.29 is 9.84 Å². The van der Waals surface area contributed by atoms with Gasteiger partial charge in [-0.05, 0) is 37.7 Å². The van der Waals surface area contributed by atoms with E-state index in [-0.39, 0.29) is 6.04 Å². The van der Waals surface area contributed by atoms with Crippen molar-refractivity contribution in [3.8, 4) is 11.5 Å². The van der Waals surface area contributed by atoms with E-state index < -0.39 is 0 Å². The maximum absolute atomic E-state index is 10.2. The molecule has 1 saturated carbocycles. The van der Waals surface area contributed by atoms with Gasteiger partial charge in [-0.3, -0.25) is 0 Å². The zero-order chi connectivity index (χ0) is 15.4. The van der Waals surface area contributed by atoms with E-state index in [0.717, 1.165) is 11.5 Å². The molecule has 0 amide bonds. The van der Waals surface area contributed by atoms with Crippen molar-refractivity contribution in [1.29, 1.82) is 0 Å². The van der Waals surface area contributed by atoms with Crippen LogP contribution >= 0.6 is 0 Å². The molecule has 1 aliphatic rings. The second-order valence-corrected chi connectivity index (χ2v) is 6.61. The zero-order valence-corrected chi connectivity index (χ0v) is 13.7. The number of nitrogens with one attached hydrogen (secondary N) is 1. The molecule has 21 heavy (non-hydrogen) atoms. The number of phenolic OH excluding ortho intramolecular Hbond substituents is 1. The average Bonchev–Trinajstić information content (AvgIpc) is 2.47. The number of phenols is 1. The molecular formula is C18H29NO2. The Labute approximate surface area is 128 Å². The number of methoxy groups -OCH3 is 1. The Morgan fingerprint density at radius 2 is 1.90 bits per heavy atom. The third kappa shape index (κ3) is 3.91. The predicted molar refractivity (Wildman–Crippen MR) is 86.8 cm³/mol. The van der Waals surface area contributed by atoms with Crippen LogP contribution < -0.4 is 10.1 Å². The number of hydrogen-bond acceptors (Lipinski definition) is 3. The van der Waals surface area contributed by atoms with Gasteiger partial charge in [0, 0.05) is 23.7 Å². The van der Waals surface area contributed by atoms with E-state index in [1.54, 1.807) is 13.2 Å². The number of rotatable bonds is 5. The second kappa shape index (κ2) is 7.17. The van der Waals surface area contributed by atoms with Crippen LogP contribution in [0, 0.1) is 11.8 Å². The Balaban J connectivity index is 2.07. The molecule has 3 heteroatoms. The van der Waals surface area contributed by atoms with E-state index in [9.17, 15) is 5.11 Å². The van der Waals surface area contributed by atoms with Crippen molar-refractivity contribution in [3.63, 3.8) is 0 Å². The quantitative estimate of drug-likeness (QED) is 0.851. The van der Waals surface area contributed by atoms with E-state index in [1.807, 2.05) is 12.1 Å². The van der Waals surface area contributed by atoms with E-state index in [0.29, 0.717) is 23.5 Å². The summed E-state index contributed by atoms with van der Waals surface area (Å²) in [6.07, 6.45) is 5.21. The first-order valence-electron chi connectivity index (χ1n) is 8.16. The van der Waals surface area contributed by atoms with Crippen LogP contribution in [0.1, 0.15) is 58.1 Å². The van der Waals surface area contributed by atoms with Crippen molar-refractivity contribution in [2.45, 2.75) is 58.5 Å². The Morgan fingerprint density at radius 3 is 2.52 bits per heavy atom. The number of hydrogen-bond donors (Lipinski definition) is 2. The number of benzene rings is 1. The lowest BCUT2D eigenvalue weighted by molar-refractivity contribution is 0.194. The molecule has 0 aromatic heterocycles. The second-order valence-electron chi connectivity index (χ2n) is 6.61. The van der Waals surface area contributed by atoms with E-state index >= 15 is 0 Å². The molecular weight excluding hydrogens is 262 g/mol. The molecule has 1 aromatic carbocycles. The largest absolute Gasteiger partial charge is 0.507 e. The summed E-state index contributed by atoms with van der Waals surface area (Å²) in [6.45, 7) is 6.77. The summed E-state index contributed by atoms with van der Waals surface area (Å²) in [5.41, 5.74) is 0.948. The van der Waals surface area contributed by atoms with Crippen LogP contribution in [0.4, 0.5) is 0 Å². The SMILES string of the molecule is COc1ccc(C(C)NC2CCCCC2C(C)C)c(O)c1. The monoisotopic (exact) mass is 291 g/mol. The molecule has 0 spiro atoms. The molecule has 2 N–H and O–H groups in total. The van der Waals surface area contributed by atoms with Crippen LogP contribution in [-0.4, -0.2) is 18.3 Å². The molecule has 2 rings (SSSR count). The van der Waals surface area contributed by atoms with E-state index in [4.69, 9.17) is 4.74 Å². The van der Waals surface area contributed by atoms with Crippen LogP contribution in [0.15, 0.2) is 18.2 Å². The molecule has 3 nitrogen and oxygen atoms in total. The Kier molecular flexibility index (Phi) is 5.51. The molecule has 0 bridgehead atoms. The lowest BCUT2D eigenvalue weighted by atomic mass is 9.77. The van der Waals surface area contributed by atoms with Crippen molar-refractivity contribution in [2.24, 2.45) is 11.8 Å². The summed E-state index contributed by atoms with van der Waals surface area (Å²) in [5.74, 6) is 2.45. The number of aromatic hydroxyl groups is 1. The lowest BCUT2D eigenvalue weighted by Gasteiger charge is -2.37. The first-order valence-corrected chi connectivity index (χ1v) is 8.16. The topological polar surface area (TPSA) is 41.5 Å². The van der Waals surface area contributed by atoms with E-state index in [2.05, 4.69) is 26.1 Å². The number of ether oxygens (including phenoxy) is 1. The minimum absolute atomic E-state index is 0.153. The van der Waals surface area contributed by atoms with Crippen molar-refractivity contribution >= 4 is 0 Å². The van der Waals surface area contributed by atoms with Gasteiger partial charge < -0.3 is 15.2 Å². The van der Waals surface area contributed by atoms with Gasteiger partial charge in [-0.15, -0.1) is 0 Å². The molecule has 0 aliphatic heterocycles. The highest BCUT2D eigenvalue weighted by atomic mass is 16.5. The van der Waals surface area contributed by atoms with Crippen LogP contribution in [0.3, 0.4) is 0 Å². The van der Waals surface area contributed by atoms with Gasteiger partial charge in [-0.25, -0.2) is 0 Å².